The summed E-state index contributed by atoms with van der Waals surface area (Å²) in [6.45, 7) is 4.92. The van der Waals surface area contributed by atoms with Crippen molar-refractivity contribution in [2.24, 2.45) is 0 Å². The highest BCUT2D eigenvalue weighted by Gasteiger charge is 2.32. The number of halogens is 1. The minimum Gasteiger partial charge on any atom is -0.379 e. The maximum absolute atomic E-state index is 13.8. The van der Waals surface area contributed by atoms with Crippen molar-refractivity contribution in [2.75, 3.05) is 46.4 Å². The van der Waals surface area contributed by atoms with Crippen LogP contribution in [0.25, 0.3) is 0 Å². The Bertz CT molecular complexity index is 185. The first-order chi connectivity index (χ1) is 6.77. The van der Waals surface area contributed by atoms with E-state index in [1.54, 1.807) is 0 Å². The van der Waals surface area contributed by atoms with Gasteiger partial charge in [-0.25, -0.2) is 4.39 Å². The van der Waals surface area contributed by atoms with E-state index in [1.807, 2.05) is 7.05 Å². The van der Waals surface area contributed by atoms with Crippen LogP contribution in [0.4, 0.5) is 4.39 Å². The average molecular weight is 202 g/mol. The zero-order valence-electron chi connectivity index (χ0n) is 8.79. The number of likely N-dealkylation sites (tertiary alicyclic amines) is 1. The summed E-state index contributed by atoms with van der Waals surface area (Å²) in [5.74, 6) is 0. The molecule has 0 bridgehead atoms. The van der Waals surface area contributed by atoms with Gasteiger partial charge in [-0.1, -0.05) is 0 Å². The van der Waals surface area contributed by atoms with Gasteiger partial charge in [0.2, 0.25) is 0 Å². The highest BCUT2D eigenvalue weighted by molar-refractivity contribution is 4.87. The average Bonchev–Trinajstić information content (AvgIpc) is 2.19. The van der Waals surface area contributed by atoms with Crippen molar-refractivity contribution < 1.29 is 9.13 Å². The summed E-state index contributed by atoms with van der Waals surface area (Å²) in [4.78, 5) is 4.32. The third-order valence-corrected chi connectivity index (χ3v) is 3.22. The standard InChI is InChI=1S/C10H19FN2O/c1-12-3-2-10(9(11)8-12)13-4-6-14-7-5-13/h9-10H,2-8H2,1H3/t9-,10+/m1/s1. The van der Waals surface area contributed by atoms with Gasteiger partial charge in [0.1, 0.15) is 6.17 Å². The molecule has 2 rings (SSSR count). The summed E-state index contributed by atoms with van der Waals surface area (Å²) >= 11 is 0. The Labute approximate surface area is 84.8 Å². The zero-order chi connectivity index (χ0) is 9.97. The molecule has 0 saturated carbocycles. The van der Waals surface area contributed by atoms with Crippen LogP contribution in [0.15, 0.2) is 0 Å². The molecule has 0 amide bonds. The van der Waals surface area contributed by atoms with Crippen LogP contribution in [-0.2, 0) is 4.74 Å². The number of alkyl halides is 1. The van der Waals surface area contributed by atoms with Crippen molar-refractivity contribution in [3.05, 3.63) is 0 Å². The van der Waals surface area contributed by atoms with E-state index in [0.29, 0.717) is 6.54 Å². The smallest absolute Gasteiger partial charge is 0.128 e. The quantitative estimate of drug-likeness (QED) is 0.610. The van der Waals surface area contributed by atoms with Gasteiger partial charge in [-0.3, -0.25) is 4.90 Å². The fraction of sp³-hybridized carbons (Fsp3) is 1.00. The highest BCUT2D eigenvalue weighted by atomic mass is 19.1. The molecule has 0 spiro atoms. The lowest BCUT2D eigenvalue weighted by Gasteiger charge is -2.41. The van der Waals surface area contributed by atoms with Crippen LogP contribution in [0.2, 0.25) is 0 Å². The molecule has 82 valence electrons. The van der Waals surface area contributed by atoms with Crippen LogP contribution in [0.5, 0.6) is 0 Å². The van der Waals surface area contributed by atoms with E-state index < -0.39 is 6.17 Å². The van der Waals surface area contributed by atoms with E-state index in [2.05, 4.69) is 9.80 Å². The second-order valence-electron chi connectivity index (χ2n) is 4.28. The van der Waals surface area contributed by atoms with E-state index in [9.17, 15) is 4.39 Å². The zero-order valence-corrected chi connectivity index (χ0v) is 8.79. The molecule has 4 heteroatoms. The van der Waals surface area contributed by atoms with Crippen LogP contribution in [-0.4, -0.2) is 68.5 Å². The van der Waals surface area contributed by atoms with E-state index in [1.165, 1.54) is 0 Å². The molecule has 2 aliphatic heterocycles. The van der Waals surface area contributed by atoms with E-state index >= 15 is 0 Å². The Balaban J connectivity index is 1.89. The molecule has 0 aromatic rings. The molecule has 0 aliphatic carbocycles. The van der Waals surface area contributed by atoms with Crippen molar-refractivity contribution in [1.82, 2.24) is 9.80 Å². The summed E-state index contributed by atoms with van der Waals surface area (Å²) in [6.07, 6.45) is 0.268. The molecule has 0 aromatic heterocycles. The molecule has 3 nitrogen and oxygen atoms in total. The SMILES string of the molecule is CN1CC[C@H](N2CCOCC2)[C@H](F)C1. The molecular weight excluding hydrogens is 183 g/mol. The summed E-state index contributed by atoms with van der Waals surface area (Å²) in [7, 11) is 1.99. The number of piperidine rings is 1. The maximum atomic E-state index is 13.8. The number of rotatable bonds is 1. The normalized spacial score (nSPS) is 37.3. The lowest BCUT2D eigenvalue weighted by Crippen LogP contribution is -2.54. The Hall–Kier alpha value is -0.190. The van der Waals surface area contributed by atoms with Crippen molar-refractivity contribution in [2.45, 2.75) is 18.6 Å². The van der Waals surface area contributed by atoms with Crippen molar-refractivity contribution >= 4 is 0 Å². The molecule has 2 atom stereocenters. The summed E-state index contributed by atoms with van der Waals surface area (Å²) in [5.41, 5.74) is 0. The Morgan fingerprint density at radius 1 is 1.21 bits per heavy atom. The molecule has 0 unspecified atom stereocenters. The fourth-order valence-corrected chi connectivity index (χ4v) is 2.36. The van der Waals surface area contributed by atoms with Crippen LogP contribution in [0, 0.1) is 0 Å². The molecule has 0 aromatic carbocycles. The van der Waals surface area contributed by atoms with Crippen molar-refractivity contribution in [3.8, 4) is 0 Å². The molecule has 2 fully saturated rings. The summed E-state index contributed by atoms with van der Waals surface area (Å²) < 4.78 is 19.0. The van der Waals surface area contributed by atoms with Crippen molar-refractivity contribution in [1.29, 1.82) is 0 Å². The van der Waals surface area contributed by atoms with Gasteiger partial charge in [0.25, 0.3) is 0 Å². The lowest BCUT2D eigenvalue weighted by molar-refractivity contribution is -0.0242. The predicted molar refractivity (Wildman–Crippen MR) is 53.2 cm³/mol. The van der Waals surface area contributed by atoms with Crippen LogP contribution < -0.4 is 0 Å². The third kappa shape index (κ3) is 2.24. The maximum Gasteiger partial charge on any atom is 0.128 e. The first-order valence-electron chi connectivity index (χ1n) is 5.42. The van der Waals surface area contributed by atoms with Crippen LogP contribution in [0.3, 0.4) is 0 Å². The molecule has 2 heterocycles. The Kier molecular flexibility index (Phi) is 3.36. The van der Waals surface area contributed by atoms with Gasteiger partial charge < -0.3 is 9.64 Å². The molecule has 14 heavy (non-hydrogen) atoms. The third-order valence-electron chi connectivity index (χ3n) is 3.22. The molecular formula is C10H19FN2O. The topological polar surface area (TPSA) is 15.7 Å². The molecule has 2 aliphatic rings. The predicted octanol–water partition coefficient (Wildman–Crippen LogP) is 0.361. The minimum absolute atomic E-state index is 0.134. The molecule has 0 radical (unpaired) electrons. The summed E-state index contributed by atoms with van der Waals surface area (Å²) in [6, 6.07) is 0.134. The second kappa shape index (κ2) is 4.55. The van der Waals surface area contributed by atoms with Gasteiger partial charge in [0, 0.05) is 25.7 Å². The van der Waals surface area contributed by atoms with Gasteiger partial charge in [-0.15, -0.1) is 0 Å². The van der Waals surface area contributed by atoms with E-state index in [-0.39, 0.29) is 6.04 Å². The summed E-state index contributed by atoms with van der Waals surface area (Å²) in [5, 5.41) is 0. The fourth-order valence-electron chi connectivity index (χ4n) is 2.36. The number of hydrogen-bond donors (Lipinski definition) is 0. The Morgan fingerprint density at radius 3 is 2.57 bits per heavy atom. The van der Waals surface area contributed by atoms with Crippen LogP contribution in [0.1, 0.15) is 6.42 Å². The largest absolute Gasteiger partial charge is 0.379 e. The first kappa shape index (κ1) is 10.3. The number of ether oxygens (including phenoxy) is 1. The van der Waals surface area contributed by atoms with Gasteiger partial charge >= 0.3 is 0 Å². The van der Waals surface area contributed by atoms with Gasteiger partial charge in [-0.2, -0.15) is 0 Å². The minimum atomic E-state index is -0.688. The first-order valence-corrected chi connectivity index (χ1v) is 5.42. The monoisotopic (exact) mass is 202 g/mol. The van der Waals surface area contributed by atoms with E-state index in [4.69, 9.17) is 4.74 Å². The number of hydrogen-bond acceptors (Lipinski definition) is 3. The van der Waals surface area contributed by atoms with Gasteiger partial charge in [0.15, 0.2) is 0 Å². The van der Waals surface area contributed by atoms with Crippen LogP contribution >= 0.6 is 0 Å². The van der Waals surface area contributed by atoms with Gasteiger partial charge in [0.05, 0.1) is 13.2 Å². The molecule has 2 saturated heterocycles. The number of nitrogens with zero attached hydrogens (tertiary/aromatic N) is 2. The van der Waals surface area contributed by atoms with Crippen molar-refractivity contribution in [3.63, 3.8) is 0 Å². The second-order valence-corrected chi connectivity index (χ2v) is 4.28. The van der Waals surface area contributed by atoms with Gasteiger partial charge in [-0.05, 0) is 20.0 Å². The highest BCUT2D eigenvalue weighted by Crippen LogP contribution is 2.19. The molecule has 0 N–H and O–H groups in total. The number of morpholine rings is 1. The van der Waals surface area contributed by atoms with E-state index in [0.717, 1.165) is 39.3 Å². The Morgan fingerprint density at radius 2 is 1.93 bits per heavy atom. The lowest BCUT2D eigenvalue weighted by atomic mass is 10.0.